The predicted octanol–water partition coefficient (Wildman–Crippen LogP) is 3.45. The molecule has 0 atom stereocenters. The summed E-state index contributed by atoms with van der Waals surface area (Å²) < 4.78 is 20.3. The van der Waals surface area contributed by atoms with Gasteiger partial charge in [0.1, 0.15) is 5.67 Å². The number of aryl methyl sites for hydroxylation is 1. The Morgan fingerprint density at radius 3 is 2.48 bits per heavy atom. The average molecular weight is 429 g/mol. The molecule has 166 valence electrons. The summed E-state index contributed by atoms with van der Waals surface area (Å²) in [5, 5.41) is 5.44. The third kappa shape index (κ3) is 5.52. The number of piperidine rings is 1. The summed E-state index contributed by atoms with van der Waals surface area (Å²) in [6.45, 7) is 3.27. The summed E-state index contributed by atoms with van der Waals surface area (Å²) >= 11 is 0. The van der Waals surface area contributed by atoms with E-state index in [1.54, 1.807) is 54.5 Å². The standard InChI is InChI=1S/C23H29FN4O3/c1-16-3-4-17(15-20(16)27-22(30)26-11-14-31-2)21(29)28-12-9-23(24,10-13-28)18-5-7-19(25)8-6-18/h3-8,15H,9-14,25H2,1-2H3,(H2,26,27,30). The van der Waals surface area contributed by atoms with Gasteiger partial charge in [-0.3, -0.25) is 4.79 Å². The van der Waals surface area contributed by atoms with Crippen molar-refractivity contribution in [2.24, 2.45) is 0 Å². The second-order valence-corrected chi connectivity index (χ2v) is 7.78. The molecule has 8 heteroatoms. The van der Waals surface area contributed by atoms with E-state index in [4.69, 9.17) is 10.5 Å². The molecule has 0 bridgehead atoms. The van der Waals surface area contributed by atoms with Gasteiger partial charge in [-0.25, -0.2) is 9.18 Å². The van der Waals surface area contributed by atoms with E-state index >= 15 is 4.39 Å². The highest BCUT2D eigenvalue weighted by Crippen LogP contribution is 2.37. The Bertz CT molecular complexity index is 925. The Kier molecular flexibility index (Phi) is 7.12. The molecule has 3 amide bonds. The molecule has 1 aliphatic heterocycles. The second kappa shape index (κ2) is 9.78. The van der Waals surface area contributed by atoms with Crippen LogP contribution < -0.4 is 16.4 Å². The Morgan fingerprint density at radius 2 is 1.84 bits per heavy atom. The van der Waals surface area contributed by atoms with Gasteiger partial charge in [-0.05, 0) is 42.3 Å². The molecular weight excluding hydrogens is 399 g/mol. The minimum absolute atomic E-state index is 0.179. The number of carbonyl (C=O) groups is 2. The Balaban J connectivity index is 1.64. The molecule has 1 fully saturated rings. The summed E-state index contributed by atoms with van der Waals surface area (Å²) in [7, 11) is 1.56. The largest absolute Gasteiger partial charge is 0.399 e. The minimum Gasteiger partial charge on any atom is -0.399 e. The highest BCUT2D eigenvalue weighted by molar-refractivity contribution is 5.97. The normalized spacial score (nSPS) is 15.4. The first-order chi connectivity index (χ1) is 14.8. The van der Waals surface area contributed by atoms with Crippen LogP contribution in [0.2, 0.25) is 0 Å². The van der Waals surface area contributed by atoms with Crippen molar-refractivity contribution in [3.8, 4) is 0 Å². The van der Waals surface area contributed by atoms with E-state index in [-0.39, 0.29) is 24.8 Å². The number of alkyl halides is 1. The van der Waals surface area contributed by atoms with Gasteiger partial charge in [0.15, 0.2) is 0 Å². The molecule has 1 heterocycles. The number of halogens is 1. The van der Waals surface area contributed by atoms with Gasteiger partial charge in [0.05, 0.1) is 6.61 Å². The van der Waals surface area contributed by atoms with Gasteiger partial charge < -0.3 is 26.0 Å². The summed E-state index contributed by atoms with van der Waals surface area (Å²) in [5.41, 5.74) is 7.26. The van der Waals surface area contributed by atoms with E-state index in [2.05, 4.69) is 10.6 Å². The van der Waals surface area contributed by atoms with E-state index < -0.39 is 5.67 Å². The van der Waals surface area contributed by atoms with E-state index in [0.29, 0.717) is 48.7 Å². The minimum atomic E-state index is -1.47. The highest BCUT2D eigenvalue weighted by Gasteiger charge is 2.37. The van der Waals surface area contributed by atoms with Gasteiger partial charge in [0.25, 0.3) is 5.91 Å². The Labute approximate surface area is 181 Å². The second-order valence-electron chi connectivity index (χ2n) is 7.78. The number of nitrogens with two attached hydrogens (primary N) is 1. The number of amides is 3. The van der Waals surface area contributed by atoms with Crippen molar-refractivity contribution in [2.75, 3.05) is 44.4 Å². The van der Waals surface area contributed by atoms with Crippen LogP contribution in [0, 0.1) is 6.92 Å². The molecule has 1 aliphatic rings. The molecule has 1 saturated heterocycles. The molecule has 0 saturated carbocycles. The quantitative estimate of drug-likeness (QED) is 0.485. The molecule has 0 unspecified atom stereocenters. The maximum atomic E-state index is 15.4. The first-order valence-corrected chi connectivity index (χ1v) is 10.3. The van der Waals surface area contributed by atoms with Crippen LogP contribution >= 0.6 is 0 Å². The summed E-state index contributed by atoms with van der Waals surface area (Å²) in [5.74, 6) is -0.179. The first kappa shape index (κ1) is 22.6. The lowest BCUT2D eigenvalue weighted by Crippen LogP contribution is -2.43. The first-order valence-electron chi connectivity index (χ1n) is 10.3. The van der Waals surface area contributed by atoms with Crippen LogP contribution in [0.15, 0.2) is 42.5 Å². The smallest absolute Gasteiger partial charge is 0.319 e. The van der Waals surface area contributed by atoms with Crippen molar-refractivity contribution in [3.63, 3.8) is 0 Å². The molecular formula is C23H29FN4O3. The number of anilines is 2. The topological polar surface area (TPSA) is 96.7 Å². The monoisotopic (exact) mass is 428 g/mol. The van der Waals surface area contributed by atoms with Crippen LogP contribution in [0.25, 0.3) is 0 Å². The Hall–Kier alpha value is -3.13. The summed E-state index contributed by atoms with van der Waals surface area (Å²) in [6, 6.07) is 11.6. The van der Waals surface area contributed by atoms with Crippen molar-refractivity contribution < 1.29 is 18.7 Å². The number of ether oxygens (including phenoxy) is 1. The number of benzene rings is 2. The molecule has 2 aromatic carbocycles. The van der Waals surface area contributed by atoms with Gasteiger partial charge in [0.2, 0.25) is 0 Å². The Morgan fingerprint density at radius 1 is 1.16 bits per heavy atom. The fourth-order valence-corrected chi connectivity index (χ4v) is 3.64. The third-order valence-electron chi connectivity index (χ3n) is 5.60. The maximum Gasteiger partial charge on any atom is 0.319 e. The van der Waals surface area contributed by atoms with Crippen LogP contribution in [0.4, 0.5) is 20.6 Å². The number of likely N-dealkylation sites (tertiary alicyclic amines) is 1. The van der Waals surface area contributed by atoms with Gasteiger partial charge in [-0.1, -0.05) is 18.2 Å². The average Bonchev–Trinajstić information content (AvgIpc) is 2.76. The van der Waals surface area contributed by atoms with Gasteiger partial charge in [-0.2, -0.15) is 0 Å². The number of hydrogen-bond donors (Lipinski definition) is 3. The lowest BCUT2D eigenvalue weighted by Gasteiger charge is -2.37. The van der Waals surface area contributed by atoms with E-state index in [1.165, 1.54) is 0 Å². The summed E-state index contributed by atoms with van der Waals surface area (Å²) in [4.78, 5) is 26.7. The van der Waals surface area contributed by atoms with Crippen molar-refractivity contribution in [1.29, 1.82) is 0 Å². The number of nitrogens with zero attached hydrogens (tertiary/aromatic N) is 1. The molecule has 0 aromatic heterocycles. The predicted molar refractivity (Wildman–Crippen MR) is 119 cm³/mol. The molecule has 0 spiro atoms. The molecule has 2 aromatic rings. The fraction of sp³-hybridized carbons (Fsp3) is 0.391. The maximum absolute atomic E-state index is 15.4. The number of nitrogen functional groups attached to an aromatic ring is 1. The van der Waals surface area contributed by atoms with Crippen molar-refractivity contribution >= 4 is 23.3 Å². The number of carbonyl (C=O) groups excluding carboxylic acids is 2. The van der Waals surface area contributed by atoms with Crippen LogP contribution in [0.3, 0.4) is 0 Å². The van der Waals surface area contributed by atoms with Crippen molar-refractivity contribution in [3.05, 3.63) is 59.2 Å². The van der Waals surface area contributed by atoms with Crippen LogP contribution in [-0.4, -0.2) is 50.2 Å². The molecule has 4 N–H and O–H groups in total. The molecule has 7 nitrogen and oxygen atoms in total. The van der Waals surface area contributed by atoms with Crippen LogP contribution in [0.5, 0.6) is 0 Å². The van der Waals surface area contributed by atoms with Gasteiger partial charge >= 0.3 is 6.03 Å². The van der Waals surface area contributed by atoms with Crippen LogP contribution in [-0.2, 0) is 10.4 Å². The summed E-state index contributed by atoms with van der Waals surface area (Å²) in [6.07, 6.45) is 0.447. The van der Waals surface area contributed by atoms with E-state index in [1.807, 2.05) is 6.92 Å². The lowest BCUT2D eigenvalue weighted by molar-refractivity contribution is 0.0421. The molecule has 0 aliphatic carbocycles. The van der Waals surface area contributed by atoms with Crippen molar-refractivity contribution in [2.45, 2.75) is 25.4 Å². The zero-order chi connectivity index (χ0) is 22.4. The third-order valence-corrected chi connectivity index (χ3v) is 5.60. The molecule has 3 rings (SSSR count). The SMILES string of the molecule is COCCNC(=O)Nc1cc(C(=O)N2CCC(F)(c3ccc(N)cc3)CC2)ccc1C. The fourth-order valence-electron chi connectivity index (χ4n) is 3.64. The van der Waals surface area contributed by atoms with Crippen molar-refractivity contribution in [1.82, 2.24) is 10.2 Å². The van der Waals surface area contributed by atoms with E-state index in [0.717, 1.165) is 5.56 Å². The number of rotatable bonds is 6. The number of methoxy groups -OCH3 is 1. The van der Waals surface area contributed by atoms with Crippen LogP contribution in [0.1, 0.15) is 34.3 Å². The zero-order valence-corrected chi connectivity index (χ0v) is 17.9. The van der Waals surface area contributed by atoms with E-state index in [9.17, 15) is 9.59 Å². The zero-order valence-electron chi connectivity index (χ0n) is 17.9. The highest BCUT2D eigenvalue weighted by atomic mass is 19.1. The molecule has 31 heavy (non-hydrogen) atoms. The number of hydrogen-bond acceptors (Lipinski definition) is 4. The molecule has 0 radical (unpaired) electrons. The number of nitrogens with one attached hydrogen (secondary N) is 2. The van der Waals surface area contributed by atoms with Gasteiger partial charge in [-0.15, -0.1) is 0 Å². The lowest BCUT2D eigenvalue weighted by atomic mass is 9.86. The van der Waals surface area contributed by atoms with Gasteiger partial charge in [0, 0.05) is 56.5 Å². The number of urea groups is 1.